The second kappa shape index (κ2) is 10.7. The third kappa shape index (κ3) is 5.08. The lowest BCUT2D eigenvalue weighted by Gasteiger charge is -2.13. The number of nitrogens with zero attached hydrogens (tertiary/aromatic N) is 4. The molecule has 34 heavy (non-hydrogen) atoms. The van der Waals surface area contributed by atoms with Crippen LogP contribution in [0.4, 0.5) is 5.82 Å². The van der Waals surface area contributed by atoms with E-state index in [9.17, 15) is 10.5 Å². The zero-order chi connectivity index (χ0) is 24.1. The van der Waals surface area contributed by atoms with Crippen molar-refractivity contribution in [3.8, 4) is 23.6 Å². The van der Waals surface area contributed by atoms with Crippen LogP contribution in [0.3, 0.4) is 0 Å². The fourth-order valence-corrected chi connectivity index (χ4v) is 5.42. The van der Waals surface area contributed by atoms with Gasteiger partial charge in [-0.15, -0.1) is 0 Å². The summed E-state index contributed by atoms with van der Waals surface area (Å²) in [4.78, 5) is 0. The number of anilines is 1. The van der Waals surface area contributed by atoms with Crippen LogP contribution in [-0.2, 0) is 6.61 Å². The zero-order valence-corrected chi connectivity index (χ0v) is 22.1. The minimum Gasteiger partial charge on any atom is -0.487 e. The Morgan fingerprint density at radius 3 is 2.35 bits per heavy atom. The van der Waals surface area contributed by atoms with Crippen molar-refractivity contribution in [2.24, 2.45) is 0 Å². The quantitative estimate of drug-likeness (QED) is 0.195. The van der Waals surface area contributed by atoms with Gasteiger partial charge in [0.15, 0.2) is 0 Å². The van der Waals surface area contributed by atoms with E-state index in [0.29, 0.717) is 18.0 Å². The highest BCUT2D eigenvalue weighted by molar-refractivity contribution is 14.1. The second-order valence-electron chi connectivity index (χ2n) is 7.22. The van der Waals surface area contributed by atoms with Crippen LogP contribution >= 0.6 is 45.2 Å². The van der Waals surface area contributed by atoms with Gasteiger partial charge in [0.05, 0.1) is 14.8 Å². The molecule has 0 spiro atoms. The second-order valence-corrected chi connectivity index (χ2v) is 9.63. The summed E-state index contributed by atoms with van der Waals surface area (Å²) in [5, 5.41) is 24.3. The Kier molecular flexibility index (Phi) is 7.50. The van der Waals surface area contributed by atoms with Crippen LogP contribution in [0.2, 0.25) is 0 Å². The van der Waals surface area contributed by atoms with Crippen LogP contribution in [0.15, 0.2) is 72.8 Å². The molecular weight excluding hydrogens is 652 g/mol. The molecule has 4 aromatic rings. The SMILES string of the molecule is N#CC(=Cc1cc(I)cc(I)c1OCc1ccccc1)c1nn(-c2ccccc2)c(N)c1C#N. The van der Waals surface area contributed by atoms with Crippen LogP contribution in [-0.4, -0.2) is 9.78 Å². The lowest BCUT2D eigenvalue weighted by Crippen LogP contribution is -2.02. The standard InChI is InChI=1S/C26H17I2N5O/c27-20-12-18(25(23(28)13-20)34-16-17-7-3-1-4-8-17)11-19(14-29)24-22(15-30)26(31)33(32-24)21-9-5-2-6-10-21/h1-13H,16,31H2. The average molecular weight is 669 g/mol. The maximum absolute atomic E-state index is 10.0. The number of hydrogen-bond acceptors (Lipinski definition) is 5. The predicted molar refractivity (Wildman–Crippen MR) is 149 cm³/mol. The molecule has 1 aromatic heterocycles. The molecule has 166 valence electrons. The fraction of sp³-hybridized carbons (Fsp3) is 0.0385. The normalized spacial score (nSPS) is 11.0. The first-order valence-corrected chi connectivity index (χ1v) is 12.3. The van der Waals surface area contributed by atoms with Crippen molar-refractivity contribution >= 4 is 62.6 Å². The van der Waals surface area contributed by atoms with Crippen LogP contribution in [0.25, 0.3) is 17.3 Å². The number of nitrogen functional groups attached to an aromatic ring is 1. The predicted octanol–water partition coefficient (Wildman–Crippen LogP) is 6.18. The van der Waals surface area contributed by atoms with Crippen LogP contribution in [0.5, 0.6) is 5.75 Å². The van der Waals surface area contributed by atoms with E-state index in [1.54, 1.807) is 6.08 Å². The highest BCUT2D eigenvalue weighted by Crippen LogP contribution is 2.33. The molecule has 0 aliphatic carbocycles. The molecule has 8 heteroatoms. The number of allylic oxidation sites excluding steroid dienone is 1. The number of nitriles is 2. The smallest absolute Gasteiger partial charge is 0.145 e. The summed E-state index contributed by atoms with van der Waals surface area (Å²) in [5.74, 6) is 0.842. The Balaban J connectivity index is 1.79. The number of para-hydroxylation sites is 1. The minimum absolute atomic E-state index is 0.156. The van der Waals surface area contributed by atoms with E-state index in [1.807, 2.05) is 72.8 Å². The van der Waals surface area contributed by atoms with E-state index in [4.69, 9.17) is 10.5 Å². The van der Waals surface area contributed by atoms with E-state index in [2.05, 4.69) is 62.4 Å². The van der Waals surface area contributed by atoms with E-state index in [1.165, 1.54) is 4.68 Å². The number of rotatable bonds is 6. The van der Waals surface area contributed by atoms with Gasteiger partial charge in [-0.3, -0.25) is 0 Å². The molecule has 3 aromatic carbocycles. The average Bonchev–Trinajstić information content (AvgIpc) is 3.18. The highest BCUT2D eigenvalue weighted by Gasteiger charge is 2.21. The summed E-state index contributed by atoms with van der Waals surface area (Å²) < 4.78 is 9.55. The molecule has 0 fully saturated rings. The fourth-order valence-electron chi connectivity index (χ4n) is 3.37. The molecule has 0 atom stereocenters. The lowest BCUT2D eigenvalue weighted by atomic mass is 10.1. The minimum atomic E-state index is 0.156. The van der Waals surface area contributed by atoms with Crippen molar-refractivity contribution in [3.05, 3.63) is 102 Å². The summed E-state index contributed by atoms with van der Waals surface area (Å²) in [7, 11) is 0. The maximum atomic E-state index is 10.0. The first-order valence-electron chi connectivity index (χ1n) is 10.1. The summed E-state index contributed by atoms with van der Waals surface area (Å²) >= 11 is 4.45. The Hall–Kier alpha value is -3.35. The zero-order valence-electron chi connectivity index (χ0n) is 17.7. The van der Waals surface area contributed by atoms with Crippen LogP contribution in [0.1, 0.15) is 22.4 Å². The third-order valence-electron chi connectivity index (χ3n) is 4.97. The lowest BCUT2D eigenvalue weighted by molar-refractivity contribution is 0.303. The van der Waals surface area contributed by atoms with E-state index in [0.717, 1.165) is 18.3 Å². The van der Waals surface area contributed by atoms with E-state index < -0.39 is 0 Å². The molecule has 0 bridgehead atoms. The Morgan fingerprint density at radius 2 is 1.71 bits per heavy atom. The van der Waals surface area contributed by atoms with Gasteiger partial charge in [-0.05, 0) is 81.1 Å². The number of hydrogen-bond donors (Lipinski definition) is 1. The molecule has 2 N–H and O–H groups in total. The van der Waals surface area contributed by atoms with Gasteiger partial charge in [-0.1, -0.05) is 48.5 Å². The van der Waals surface area contributed by atoms with Crippen molar-refractivity contribution < 1.29 is 4.74 Å². The summed E-state index contributed by atoms with van der Waals surface area (Å²) in [6.45, 7) is 0.388. The van der Waals surface area contributed by atoms with Crippen molar-refractivity contribution in [3.63, 3.8) is 0 Å². The summed E-state index contributed by atoms with van der Waals surface area (Å²) in [5.41, 5.74) is 9.31. The molecule has 1 heterocycles. The van der Waals surface area contributed by atoms with Crippen LogP contribution in [0, 0.1) is 29.8 Å². The molecule has 0 amide bonds. The monoisotopic (exact) mass is 669 g/mol. The first kappa shape index (κ1) is 23.8. The summed E-state index contributed by atoms with van der Waals surface area (Å²) in [6.07, 6.45) is 1.70. The topological polar surface area (TPSA) is 101 Å². The molecule has 0 unspecified atom stereocenters. The molecule has 4 rings (SSSR count). The van der Waals surface area contributed by atoms with Gasteiger partial charge in [0, 0.05) is 9.13 Å². The maximum Gasteiger partial charge on any atom is 0.145 e. The number of ether oxygens (including phenoxy) is 1. The van der Waals surface area contributed by atoms with Crippen molar-refractivity contribution in [2.45, 2.75) is 6.61 Å². The molecule has 0 saturated heterocycles. The molecule has 0 radical (unpaired) electrons. The molecule has 0 saturated carbocycles. The van der Waals surface area contributed by atoms with Gasteiger partial charge >= 0.3 is 0 Å². The van der Waals surface area contributed by atoms with Gasteiger partial charge in [0.25, 0.3) is 0 Å². The Labute approximate surface area is 224 Å². The van der Waals surface area contributed by atoms with Crippen molar-refractivity contribution in [1.29, 1.82) is 10.5 Å². The van der Waals surface area contributed by atoms with Gasteiger partial charge in [-0.2, -0.15) is 15.6 Å². The van der Waals surface area contributed by atoms with Crippen molar-refractivity contribution in [2.75, 3.05) is 5.73 Å². The van der Waals surface area contributed by atoms with Gasteiger partial charge < -0.3 is 10.5 Å². The van der Waals surface area contributed by atoms with E-state index >= 15 is 0 Å². The van der Waals surface area contributed by atoms with E-state index in [-0.39, 0.29) is 22.6 Å². The van der Waals surface area contributed by atoms with Gasteiger partial charge in [0.2, 0.25) is 0 Å². The van der Waals surface area contributed by atoms with Gasteiger partial charge in [-0.25, -0.2) is 4.68 Å². The molecular formula is C26H17I2N5O. The Bertz CT molecular complexity index is 1450. The number of halogens is 2. The highest BCUT2D eigenvalue weighted by atomic mass is 127. The molecule has 6 nitrogen and oxygen atoms in total. The number of nitrogens with two attached hydrogens (primary N) is 1. The van der Waals surface area contributed by atoms with Crippen LogP contribution < -0.4 is 10.5 Å². The number of benzene rings is 3. The molecule has 0 aliphatic heterocycles. The largest absolute Gasteiger partial charge is 0.487 e. The first-order chi connectivity index (χ1) is 16.5. The van der Waals surface area contributed by atoms with Gasteiger partial charge in [0.1, 0.15) is 41.6 Å². The Morgan fingerprint density at radius 1 is 1.03 bits per heavy atom. The number of aromatic nitrogens is 2. The third-order valence-corrected chi connectivity index (χ3v) is 6.40. The van der Waals surface area contributed by atoms with Crippen molar-refractivity contribution in [1.82, 2.24) is 9.78 Å². The molecule has 0 aliphatic rings. The summed E-state index contributed by atoms with van der Waals surface area (Å²) in [6, 6.07) is 27.4.